The quantitative estimate of drug-likeness (QED) is 0.662. The Hall–Kier alpha value is -1.90. The molecule has 1 atom stereocenters. The standard InChI is InChI=1S/C21H26BrN3O3S/c1-24(19-7-3-2-4-8-19)15-13-23-21(26)17-6-5-14-25(16-17)29(27,28)20-11-9-18(22)10-12-20/h2-4,7-12,17H,5-6,13-16H2,1H3,(H,23,26). The van der Waals surface area contributed by atoms with Crippen LogP contribution in [0.1, 0.15) is 12.8 Å². The van der Waals surface area contributed by atoms with E-state index in [1.807, 2.05) is 37.4 Å². The molecule has 1 fully saturated rings. The number of carbonyl (C=O) groups is 1. The van der Waals surface area contributed by atoms with E-state index in [0.29, 0.717) is 32.5 Å². The summed E-state index contributed by atoms with van der Waals surface area (Å²) in [5, 5.41) is 2.96. The van der Waals surface area contributed by atoms with Crippen molar-refractivity contribution < 1.29 is 13.2 Å². The minimum Gasteiger partial charge on any atom is -0.373 e. The van der Waals surface area contributed by atoms with Crippen LogP contribution in [0.4, 0.5) is 5.69 Å². The van der Waals surface area contributed by atoms with Gasteiger partial charge in [0.1, 0.15) is 0 Å². The summed E-state index contributed by atoms with van der Waals surface area (Å²) < 4.78 is 28.1. The van der Waals surface area contributed by atoms with Crippen LogP contribution >= 0.6 is 15.9 Å². The van der Waals surface area contributed by atoms with Crippen molar-refractivity contribution in [3.05, 3.63) is 59.1 Å². The van der Waals surface area contributed by atoms with Crippen molar-refractivity contribution in [2.75, 3.05) is 38.1 Å². The SMILES string of the molecule is CN(CCNC(=O)C1CCCN(S(=O)(=O)c2ccc(Br)cc2)C1)c1ccccc1. The van der Waals surface area contributed by atoms with E-state index < -0.39 is 10.0 Å². The summed E-state index contributed by atoms with van der Waals surface area (Å²) in [7, 11) is -1.61. The lowest BCUT2D eigenvalue weighted by molar-refractivity contribution is -0.126. The maximum Gasteiger partial charge on any atom is 0.243 e. The zero-order valence-corrected chi connectivity index (χ0v) is 18.8. The number of likely N-dealkylation sites (N-methyl/N-ethyl adjacent to an activating group) is 1. The Morgan fingerprint density at radius 3 is 2.55 bits per heavy atom. The molecule has 6 nitrogen and oxygen atoms in total. The summed E-state index contributed by atoms with van der Waals surface area (Å²) in [6, 6.07) is 16.6. The summed E-state index contributed by atoms with van der Waals surface area (Å²) >= 11 is 3.32. The number of nitrogens with one attached hydrogen (secondary N) is 1. The molecule has 1 N–H and O–H groups in total. The van der Waals surface area contributed by atoms with Crippen molar-refractivity contribution in [1.29, 1.82) is 0 Å². The third kappa shape index (κ3) is 5.58. The number of benzene rings is 2. The molecule has 156 valence electrons. The summed E-state index contributed by atoms with van der Waals surface area (Å²) in [5.41, 5.74) is 1.09. The first-order chi connectivity index (χ1) is 13.9. The molecular formula is C21H26BrN3O3S. The molecule has 1 saturated heterocycles. The van der Waals surface area contributed by atoms with E-state index in [2.05, 4.69) is 26.1 Å². The lowest BCUT2D eigenvalue weighted by Crippen LogP contribution is -2.46. The highest BCUT2D eigenvalue weighted by Gasteiger charge is 2.33. The monoisotopic (exact) mass is 479 g/mol. The van der Waals surface area contributed by atoms with E-state index in [0.717, 1.165) is 10.2 Å². The van der Waals surface area contributed by atoms with Gasteiger partial charge in [0.2, 0.25) is 15.9 Å². The maximum atomic E-state index is 12.9. The smallest absolute Gasteiger partial charge is 0.243 e. The molecule has 0 aliphatic carbocycles. The number of hydrogen-bond acceptors (Lipinski definition) is 4. The highest BCUT2D eigenvalue weighted by atomic mass is 79.9. The number of para-hydroxylation sites is 1. The van der Waals surface area contributed by atoms with Crippen molar-refractivity contribution >= 4 is 37.5 Å². The second-order valence-corrected chi connectivity index (χ2v) is 10.1. The molecule has 0 saturated carbocycles. The molecule has 0 aromatic heterocycles. The first kappa shape index (κ1) is 21.8. The zero-order chi connectivity index (χ0) is 20.9. The Morgan fingerprint density at radius 1 is 1.17 bits per heavy atom. The van der Waals surface area contributed by atoms with Gasteiger partial charge in [-0.25, -0.2) is 8.42 Å². The fraction of sp³-hybridized carbons (Fsp3) is 0.381. The number of hydrogen-bond donors (Lipinski definition) is 1. The summed E-state index contributed by atoms with van der Waals surface area (Å²) in [6.07, 6.45) is 1.38. The maximum absolute atomic E-state index is 12.9. The highest BCUT2D eigenvalue weighted by Crippen LogP contribution is 2.25. The molecule has 8 heteroatoms. The van der Waals surface area contributed by atoms with Crippen LogP contribution in [0, 0.1) is 5.92 Å². The van der Waals surface area contributed by atoms with Crippen LogP contribution in [0.15, 0.2) is 64.0 Å². The van der Waals surface area contributed by atoms with Crippen LogP contribution in [0.5, 0.6) is 0 Å². The van der Waals surface area contributed by atoms with E-state index in [1.54, 1.807) is 24.3 Å². The first-order valence-electron chi connectivity index (χ1n) is 9.67. The molecule has 29 heavy (non-hydrogen) atoms. The van der Waals surface area contributed by atoms with Crippen molar-refractivity contribution in [1.82, 2.24) is 9.62 Å². The molecule has 1 unspecified atom stereocenters. The third-order valence-corrected chi connectivity index (χ3v) is 7.56. The Morgan fingerprint density at radius 2 is 1.86 bits per heavy atom. The molecule has 1 aliphatic rings. The summed E-state index contributed by atoms with van der Waals surface area (Å²) in [6.45, 7) is 1.86. The van der Waals surface area contributed by atoms with Crippen LogP contribution in [0.25, 0.3) is 0 Å². The van der Waals surface area contributed by atoms with Gasteiger partial charge in [0, 0.05) is 43.4 Å². The van der Waals surface area contributed by atoms with E-state index in [9.17, 15) is 13.2 Å². The number of halogens is 1. The van der Waals surface area contributed by atoms with E-state index in [1.165, 1.54) is 4.31 Å². The van der Waals surface area contributed by atoms with Gasteiger partial charge in [-0.15, -0.1) is 0 Å². The van der Waals surface area contributed by atoms with Gasteiger partial charge in [-0.2, -0.15) is 4.31 Å². The molecule has 0 bridgehead atoms. The molecule has 1 aliphatic heterocycles. The topological polar surface area (TPSA) is 69.7 Å². The van der Waals surface area contributed by atoms with Crippen LogP contribution < -0.4 is 10.2 Å². The number of sulfonamides is 1. The average molecular weight is 480 g/mol. The van der Waals surface area contributed by atoms with E-state index >= 15 is 0 Å². The Labute approximate surface area is 181 Å². The Bertz CT molecular complexity index is 920. The number of rotatable bonds is 7. The van der Waals surface area contributed by atoms with Crippen molar-refractivity contribution in [2.24, 2.45) is 5.92 Å². The average Bonchev–Trinajstić information content (AvgIpc) is 2.74. The van der Waals surface area contributed by atoms with Gasteiger partial charge >= 0.3 is 0 Å². The lowest BCUT2D eigenvalue weighted by Gasteiger charge is -2.31. The molecule has 1 amide bonds. The predicted molar refractivity (Wildman–Crippen MR) is 118 cm³/mol. The second-order valence-electron chi connectivity index (χ2n) is 7.20. The van der Waals surface area contributed by atoms with Gasteiger partial charge in [0.25, 0.3) is 0 Å². The Kier molecular flexibility index (Phi) is 7.32. The summed E-state index contributed by atoms with van der Waals surface area (Å²) in [4.78, 5) is 14.9. The normalized spacial score (nSPS) is 17.7. The summed E-state index contributed by atoms with van der Waals surface area (Å²) in [5.74, 6) is -0.404. The first-order valence-corrected chi connectivity index (χ1v) is 11.9. The van der Waals surface area contributed by atoms with Gasteiger partial charge < -0.3 is 10.2 Å². The lowest BCUT2D eigenvalue weighted by atomic mass is 9.99. The molecule has 0 radical (unpaired) electrons. The van der Waals surface area contributed by atoms with Crippen molar-refractivity contribution in [2.45, 2.75) is 17.7 Å². The van der Waals surface area contributed by atoms with Gasteiger partial charge in [-0.05, 0) is 49.2 Å². The number of anilines is 1. The molecule has 2 aromatic rings. The van der Waals surface area contributed by atoms with Crippen molar-refractivity contribution in [3.8, 4) is 0 Å². The molecule has 2 aromatic carbocycles. The molecule has 3 rings (SSSR count). The van der Waals surface area contributed by atoms with Crippen LogP contribution in [-0.2, 0) is 14.8 Å². The van der Waals surface area contributed by atoms with Crippen molar-refractivity contribution in [3.63, 3.8) is 0 Å². The van der Waals surface area contributed by atoms with Crippen LogP contribution in [-0.4, -0.2) is 51.9 Å². The minimum absolute atomic E-state index is 0.0813. The van der Waals surface area contributed by atoms with E-state index in [4.69, 9.17) is 0 Å². The molecule has 0 spiro atoms. The van der Waals surface area contributed by atoms with Gasteiger partial charge in [0.05, 0.1) is 10.8 Å². The Balaban J connectivity index is 1.54. The second kappa shape index (κ2) is 9.73. The minimum atomic E-state index is -3.59. The van der Waals surface area contributed by atoms with Gasteiger partial charge in [-0.3, -0.25) is 4.79 Å². The third-order valence-electron chi connectivity index (χ3n) is 5.15. The number of amides is 1. The number of piperidine rings is 1. The number of carbonyl (C=O) groups excluding carboxylic acids is 1. The van der Waals surface area contributed by atoms with Gasteiger partial charge in [0.15, 0.2) is 0 Å². The fourth-order valence-corrected chi connectivity index (χ4v) is 5.22. The molecule has 1 heterocycles. The zero-order valence-electron chi connectivity index (χ0n) is 16.4. The van der Waals surface area contributed by atoms with Crippen LogP contribution in [0.3, 0.4) is 0 Å². The van der Waals surface area contributed by atoms with E-state index in [-0.39, 0.29) is 23.3 Å². The van der Waals surface area contributed by atoms with Crippen LogP contribution in [0.2, 0.25) is 0 Å². The predicted octanol–water partition coefficient (Wildman–Crippen LogP) is 3.10. The largest absolute Gasteiger partial charge is 0.373 e. The number of nitrogens with zero attached hydrogens (tertiary/aromatic N) is 2. The van der Waals surface area contributed by atoms with Gasteiger partial charge in [-0.1, -0.05) is 34.1 Å². The fourth-order valence-electron chi connectivity index (χ4n) is 3.43. The molecular weight excluding hydrogens is 454 g/mol. The highest BCUT2D eigenvalue weighted by molar-refractivity contribution is 9.10.